The van der Waals surface area contributed by atoms with Crippen molar-refractivity contribution in [2.24, 2.45) is 0 Å². The molecule has 1 amide bonds. The molecule has 0 aliphatic rings. The van der Waals surface area contributed by atoms with Gasteiger partial charge in [-0.05, 0) is 93.1 Å². The highest BCUT2D eigenvalue weighted by Gasteiger charge is 2.19. The Hall–Kier alpha value is -4.95. The van der Waals surface area contributed by atoms with Gasteiger partial charge in [-0.2, -0.15) is 4.37 Å². The van der Waals surface area contributed by atoms with Gasteiger partial charge in [-0.25, -0.2) is 13.6 Å². The number of amides is 1. The van der Waals surface area contributed by atoms with E-state index in [1.54, 1.807) is 36.4 Å². The Balaban J connectivity index is 1.37. The fourth-order valence-corrected chi connectivity index (χ4v) is 5.72. The second-order valence-electron chi connectivity index (χ2n) is 9.72. The number of carboxylic acid groups (broad SMARTS) is 1. The van der Waals surface area contributed by atoms with Crippen LogP contribution in [0.3, 0.4) is 0 Å². The number of hydrogen-bond acceptors (Lipinski definition) is 4. The number of rotatable bonds is 7. The molecular formula is C33H22F2N2O3S. The van der Waals surface area contributed by atoms with Crippen LogP contribution in [-0.2, 0) is 13.0 Å². The summed E-state index contributed by atoms with van der Waals surface area (Å²) < 4.78 is 32.9. The maximum absolute atomic E-state index is 13.8. The van der Waals surface area contributed by atoms with Gasteiger partial charge in [0.25, 0.3) is 5.91 Å². The van der Waals surface area contributed by atoms with Crippen LogP contribution in [0, 0.1) is 11.6 Å². The lowest BCUT2D eigenvalue weighted by molar-refractivity contribution is 0.0696. The molecule has 0 unspecified atom stereocenters. The Labute approximate surface area is 237 Å². The average Bonchev–Trinajstić information content (AvgIpc) is 3.38. The van der Waals surface area contributed by atoms with E-state index in [0.717, 1.165) is 48.8 Å². The normalized spacial score (nSPS) is 11.2. The summed E-state index contributed by atoms with van der Waals surface area (Å²) in [6.07, 6.45) is 0.444. The molecule has 0 saturated carbocycles. The first kappa shape index (κ1) is 26.3. The van der Waals surface area contributed by atoms with E-state index in [-0.39, 0.29) is 29.6 Å². The second kappa shape index (κ2) is 10.9. The molecule has 0 bridgehead atoms. The number of aromatic nitrogens is 1. The Morgan fingerprint density at radius 1 is 0.756 bits per heavy atom. The summed E-state index contributed by atoms with van der Waals surface area (Å²) in [5.74, 6) is -1.99. The third-order valence-electron chi connectivity index (χ3n) is 6.96. The SMILES string of the molecule is O=C(O)c1ccc(CNC(=O)c2cc(-c3ccc(F)cc3)cc3snc(Cc4ccc5ccc(F)cc5c4)c23)cc1. The monoisotopic (exact) mass is 564 g/mol. The highest BCUT2D eigenvalue weighted by molar-refractivity contribution is 7.13. The van der Waals surface area contributed by atoms with Crippen LogP contribution in [0.25, 0.3) is 32.0 Å². The summed E-state index contributed by atoms with van der Waals surface area (Å²) in [6.45, 7) is 0.199. The molecule has 0 fully saturated rings. The lowest BCUT2D eigenvalue weighted by atomic mass is 9.96. The van der Waals surface area contributed by atoms with Crippen molar-refractivity contribution >= 4 is 44.3 Å². The maximum atomic E-state index is 13.8. The number of hydrogen-bond donors (Lipinski definition) is 2. The third kappa shape index (κ3) is 5.55. The Morgan fingerprint density at radius 3 is 2.22 bits per heavy atom. The first-order valence-electron chi connectivity index (χ1n) is 12.8. The van der Waals surface area contributed by atoms with Crippen LogP contribution in [0.5, 0.6) is 0 Å². The van der Waals surface area contributed by atoms with Crippen molar-refractivity contribution in [1.82, 2.24) is 9.69 Å². The van der Waals surface area contributed by atoms with Gasteiger partial charge < -0.3 is 10.4 Å². The van der Waals surface area contributed by atoms with Crippen molar-refractivity contribution in [3.8, 4) is 11.1 Å². The van der Waals surface area contributed by atoms with Crippen LogP contribution < -0.4 is 5.32 Å². The highest BCUT2D eigenvalue weighted by Crippen LogP contribution is 2.34. The summed E-state index contributed by atoms with van der Waals surface area (Å²) in [6, 6.07) is 26.6. The van der Waals surface area contributed by atoms with Crippen LogP contribution in [0.1, 0.15) is 37.5 Å². The lowest BCUT2D eigenvalue weighted by Gasteiger charge is -2.11. The van der Waals surface area contributed by atoms with Crippen molar-refractivity contribution in [1.29, 1.82) is 0 Å². The lowest BCUT2D eigenvalue weighted by Crippen LogP contribution is -2.23. The molecule has 5 nitrogen and oxygen atoms in total. The molecule has 6 rings (SSSR count). The number of benzene rings is 5. The van der Waals surface area contributed by atoms with Crippen LogP contribution >= 0.6 is 11.5 Å². The second-order valence-corrected chi connectivity index (χ2v) is 10.5. The predicted octanol–water partition coefficient (Wildman–Crippen LogP) is 7.61. The Bertz CT molecular complexity index is 1930. The van der Waals surface area contributed by atoms with Crippen molar-refractivity contribution < 1.29 is 23.5 Å². The zero-order valence-electron chi connectivity index (χ0n) is 21.5. The smallest absolute Gasteiger partial charge is 0.335 e. The molecule has 1 aromatic heterocycles. The minimum absolute atomic E-state index is 0.166. The van der Waals surface area contributed by atoms with Gasteiger partial charge in [0.1, 0.15) is 11.6 Å². The molecule has 1 heterocycles. The number of aromatic carboxylic acids is 1. The van der Waals surface area contributed by atoms with E-state index in [0.29, 0.717) is 12.0 Å². The van der Waals surface area contributed by atoms with Crippen molar-refractivity contribution in [2.45, 2.75) is 13.0 Å². The quantitative estimate of drug-likeness (QED) is 0.209. The Kier molecular flexibility index (Phi) is 6.99. The molecule has 0 atom stereocenters. The first-order chi connectivity index (χ1) is 19.8. The number of carbonyl (C=O) groups is 2. The first-order valence-corrected chi connectivity index (χ1v) is 13.6. The molecule has 0 aliphatic heterocycles. The number of fused-ring (bicyclic) bond motifs is 2. The molecule has 202 valence electrons. The van der Waals surface area contributed by atoms with Gasteiger partial charge in [0, 0.05) is 18.4 Å². The summed E-state index contributed by atoms with van der Waals surface area (Å²) in [5, 5.41) is 14.5. The van der Waals surface area contributed by atoms with Crippen molar-refractivity contribution in [3.05, 3.63) is 137 Å². The van der Waals surface area contributed by atoms with Gasteiger partial charge in [-0.1, -0.05) is 48.5 Å². The third-order valence-corrected chi connectivity index (χ3v) is 7.79. The molecule has 6 aromatic rings. The zero-order chi connectivity index (χ0) is 28.5. The molecule has 41 heavy (non-hydrogen) atoms. The minimum atomic E-state index is -1.02. The van der Waals surface area contributed by atoms with Gasteiger partial charge >= 0.3 is 5.97 Å². The van der Waals surface area contributed by atoms with E-state index in [1.807, 2.05) is 24.3 Å². The van der Waals surface area contributed by atoms with Gasteiger partial charge in [0.2, 0.25) is 0 Å². The Morgan fingerprint density at radius 2 is 1.46 bits per heavy atom. The van der Waals surface area contributed by atoms with Gasteiger partial charge in [-0.3, -0.25) is 4.79 Å². The summed E-state index contributed by atoms with van der Waals surface area (Å²) in [5.41, 5.74) is 4.52. The number of carbonyl (C=O) groups excluding carboxylic acids is 1. The highest BCUT2D eigenvalue weighted by atomic mass is 32.1. The van der Waals surface area contributed by atoms with Crippen LogP contribution in [0.4, 0.5) is 8.78 Å². The van der Waals surface area contributed by atoms with E-state index in [2.05, 4.69) is 5.32 Å². The number of halogens is 2. The van der Waals surface area contributed by atoms with E-state index in [1.165, 1.54) is 47.9 Å². The van der Waals surface area contributed by atoms with Crippen LogP contribution in [-0.4, -0.2) is 21.4 Å². The summed E-state index contributed by atoms with van der Waals surface area (Å²) in [7, 11) is 0. The number of nitrogens with one attached hydrogen (secondary N) is 1. The molecular weight excluding hydrogens is 542 g/mol. The number of carboxylic acids is 1. The summed E-state index contributed by atoms with van der Waals surface area (Å²) >= 11 is 1.28. The molecule has 5 aromatic carbocycles. The van der Waals surface area contributed by atoms with Gasteiger partial charge in [-0.15, -0.1) is 0 Å². The summed E-state index contributed by atoms with van der Waals surface area (Å²) in [4.78, 5) is 24.8. The molecule has 0 radical (unpaired) electrons. The number of nitrogens with zero attached hydrogens (tertiary/aromatic N) is 1. The molecule has 8 heteroatoms. The fraction of sp³-hybridized carbons (Fsp3) is 0.0606. The van der Waals surface area contributed by atoms with Crippen molar-refractivity contribution in [2.75, 3.05) is 0 Å². The predicted molar refractivity (Wildman–Crippen MR) is 156 cm³/mol. The minimum Gasteiger partial charge on any atom is -0.478 e. The average molecular weight is 565 g/mol. The van der Waals surface area contributed by atoms with E-state index in [4.69, 9.17) is 9.48 Å². The van der Waals surface area contributed by atoms with Gasteiger partial charge in [0.05, 0.1) is 21.5 Å². The van der Waals surface area contributed by atoms with E-state index < -0.39 is 5.97 Å². The largest absolute Gasteiger partial charge is 0.478 e. The molecule has 0 spiro atoms. The maximum Gasteiger partial charge on any atom is 0.335 e. The fourth-order valence-electron chi connectivity index (χ4n) is 4.86. The van der Waals surface area contributed by atoms with E-state index in [9.17, 15) is 18.4 Å². The van der Waals surface area contributed by atoms with Crippen molar-refractivity contribution in [3.63, 3.8) is 0 Å². The van der Waals surface area contributed by atoms with Crippen LogP contribution in [0.2, 0.25) is 0 Å². The topological polar surface area (TPSA) is 79.3 Å². The van der Waals surface area contributed by atoms with Crippen LogP contribution in [0.15, 0.2) is 97.1 Å². The van der Waals surface area contributed by atoms with Gasteiger partial charge in [0.15, 0.2) is 0 Å². The zero-order valence-corrected chi connectivity index (χ0v) is 22.3. The van der Waals surface area contributed by atoms with E-state index >= 15 is 0 Å². The molecule has 2 N–H and O–H groups in total. The molecule has 0 saturated heterocycles. The molecule has 0 aliphatic carbocycles. The standard InChI is InChI=1S/C33H22F2N2O3S/c34-26-10-7-22(8-11-26)25-16-28(32(38)36-18-19-1-5-23(6-2-19)33(39)40)31-29(37-41-30(31)17-25)14-20-3-4-21-9-12-27(35)15-24(21)13-20/h1-13,15-17H,14,18H2,(H,36,38)(H,39,40).